The lowest BCUT2D eigenvalue weighted by molar-refractivity contribution is -0.121. The normalized spacial score (nSPS) is 15.2. The molecule has 4 aromatic rings. The molecule has 4 aromatic heterocycles. The van der Waals surface area contributed by atoms with E-state index in [1.165, 1.54) is 6.20 Å². The van der Waals surface area contributed by atoms with E-state index in [1.807, 2.05) is 12.1 Å². The largest absolute Gasteiger partial charge is 0.346 e. The first kappa shape index (κ1) is 22.9. The topological polar surface area (TPSA) is 107 Å². The second-order valence-electron chi connectivity index (χ2n) is 8.78. The van der Waals surface area contributed by atoms with E-state index in [0.717, 1.165) is 42.4 Å². The van der Waals surface area contributed by atoms with Gasteiger partial charge in [-0.05, 0) is 51.2 Å². The molecule has 0 radical (unpaired) electrons. The number of hydrogen-bond acceptors (Lipinski definition) is 5. The molecule has 0 saturated carbocycles. The van der Waals surface area contributed by atoms with Gasteiger partial charge in [-0.25, -0.2) is 18.7 Å². The number of pyridine rings is 2. The third-order valence-electron chi connectivity index (χ3n) is 6.35. The van der Waals surface area contributed by atoms with Crippen molar-refractivity contribution in [2.24, 2.45) is 5.92 Å². The molecule has 0 unspecified atom stereocenters. The van der Waals surface area contributed by atoms with Crippen LogP contribution in [0.5, 0.6) is 0 Å². The summed E-state index contributed by atoms with van der Waals surface area (Å²) in [7, 11) is 2.05. The minimum absolute atomic E-state index is 0.00405. The number of nitrogens with one attached hydrogen (secondary N) is 3. The Labute approximate surface area is 199 Å². The van der Waals surface area contributed by atoms with Gasteiger partial charge in [0.15, 0.2) is 0 Å². The predicted molar refractivity (Wildman–Crippen MR) is 127 cm³/mol. The molecule has 1 fully saturated rings. The Hall–Kier alpha value is -3.86. The highest BCUT2D eigenvalue weighted by molar-refractivity contribution is 5.99. The van der Waals surface area contributed by atoms with Crippen molar-refractivity contribution in [3.05, 3.63) is 48.7 Å². The maximum absolute atomic E-state index is 12.8. The van der Waals surface area contributed by atoms with Crippen molar-refractivity contribution in [1.82, 2.24) is 29.6 Å². The monoisotopic (exact) mass is 481 g/mol. The number of aromatic nitrogens is 4. The van der Waals surface area contributed by atoms with Gasteiger partial charge < -0.3 is 20.5 Å². The van der Waals surface area contributed by atoms with E-state index in [2.05, 4.69) is 37.5 Å². The van der Waals surface area contributed by atoms with Crippen LogP contribution >= 0.6 is 0 Å². The first-order valence-corrected chi connectivity index (χ1v) is 11.4. The van der Waals surface area contributed by atoms with Gasteiger partial charge in [-0.15, -0.1) is 0 Å². The summed E-state index contributed by atoms with van der Waals surface area (Å²) in [6, 6.07) is 5.47. The lowest BCUT2D eigenvalue weighted by Crippen LogP contribution is -2.35. The number of amides is 2. The van der Waals surface area contributed by atoms with E-state index in [-0.39, 0.29) is 17.5 Å². The van der Waals surface area contributed by atoms with Gasteiger partial charge in [-0.1, -0.05) is 0 Å². The van der Waals surface area contributed by atoms with Crippen LogP contribution in [0.15, 0.2) is 43.0 Å². The number of fused-ring (bicyclic) bond motifs is 2. The maximum Gasteiger partial charge on any atom is 0.270 e. The number of likely N-dealkylation sites (tertiary alicyclic amines) is 1. The van der Waals surface area contributed by atoms with Crippen LogP contribution in [0.4, 0.5) is 14.5 Å². The Morgan fingerprint density at radius 3 is 2.77 bits per heavy atom. The smallest absolute Gasteiger partial charge is 0.270 e. The minimum Gasteiger partial charge on any atom is -0.346 e. The van der Waals surface area contributed by atoms with Crippen molar-refractivity contribution in [3.63, 3.8) is 0 Å². The Morgan fingerprint density at radius 1 is 1.20 bits per heavy atom. The molecule has 0 spiro atoms. The number of aromatic amines is 1. The van der Waals surface area contributed by atoms with Gasteiger partial charge in [0.1, 0.15) is 17.0 Å². The Kier molecular flexibility index (Phi) is 6.16. The zero-order valence-electron chi connectivity index (χ0n) is 19.1. The molecule has 5 heterocycles. The highest BCUT2D eigenvalue weighted by Crippen LogP contribution is 2.30. The number of nitrogens with zero attached hydrogens (tertiary/aromatic N) is 4. The van der Waals surface area contributed by atoms with E-state index < -0.39 is 18.9 Å². The van der Waals surface area contributed by atoms with Crippen LogP contribution in [0.2, 0.25) is 0 Å². The highest BCUT2D eigenvalue weighted by atomic mass is 19.3. The van der Waals surface area contributed by atoms with Crippen LogP contribution in [0.3, 0.4) is 0 Å². The fourth-order valence-corrected chi connectivity index (χ4v) is 4.39. The number of imidazole rings is 1. The fraction of sp³-hybridized carbons (Fsp3) is 0.333. The molecule has 3 N–H and O–H groups in total. The first-order chi connectivity index (χ1) is 16.9. The van der Waals surface area contributed by atoms with E-state index >= 15 is 0 Å². The number of carbonyl (C=O) groups is 2. The first-order valence-electron chi connectivity index (χ1n) is 11.4. The number of halogens is 2. The summed E-state index contributed by atoms with van der Waals surface area (Å²) in [5.74, 6) is -0.657. The second-order valence-corrected chi connectivity index (χ2v) is 8.78. The molecule has 0 aliphatic carbocycles. The average molecular weight is 482 g/mol. The molecule has 0 aromatic carbocycles. The van der Waals surface area contributed by atoms with Gasteiger partial charge in [0, 0.05) is 34.8 Å². The zero-order valence-corrected chi connectivity index (χ0v) is 19.1. The van der Waals surface area contributed by atoms with Crippen LogP contribution in [0, 0.1) is 5.92 Å². The molecular weight excluding hydrogens is 456 g/mol. The van der Waals surface area contributed by atoms with Crippen LogP contribution < -0.4 is 10.6 Å². The van der Waals surface area contributed by atoms with E-state index in [1.54, 1.807) is 29.1 Å². The zero-order chi connectivity index (χ0) is 24.5. The summed E-state index contributed by atoms with van der Waals surface area (Å²) < 4.78 is 26.6. The van der Waals surface area contributed by atoms with Crippen molar-refractivity contribution in [1.29, 1.82) is 0 Å². The fourth-order valence-electron chi connectivity index (χ4n) is 4.39. The van der Waals surface area contributed by atoms with Gasteiger partial charge in [-0.3, -0.25) is 14.0 Å². The summed E-state index contributed by atoms with van der Waals surface area (Å²) >= 11 is 0. The second kappa shape index (κ2) is 9.41. The predicted octanol–water partition coefficient (Wildman–Crippen LogP) is 3.15. The van der Waals surface area contributed by atoms with E-state index in [9.17, 15) is 18.4 Å². The average Bonchev–Trinajstić information content (AvgIpc) is 3.46. The summed E-state index contributed by atoms with van der Waals surface area (Å²) in [4.78, 5) is 39.1. The Bertz CT molecular complexity index is 1390. The number of alkyl halides is 2. The minimum atomic E-state index is -2.64. The van der Waals surface area contributed by atoms with Crippen LogP contribution in [0.25, 0.3) is 27.8 Å². The lowest BCUT2D eigenvalue weighted by Gasteiger charge is -2.28. The molecule has 2 amide bonds. The highest BCUT2D eigenvalue weighted by Gasteiger charge is 2.23. The Balaban J connectivity index is 1.42. The molecule has 1 aliphatic heterocycles. The standard InChI is InChI=1S/C24H25F2N7O2/c1-32-6-4-14(5-7-32)23(34)31-16-8-17-18(10-29-22(17)28-9-16)15-2-3-21-27-11-19(33(21)13-15)24(35)30-12-20(25)26/h2-3,8-11,13-14,20H,4-7,12H2,1H3,(H,28,29)(H,30,35)(H,31,34). The molecule has 1 saturated heterocycles. The lowest BCUT2D eigenvalue weighted by atomic mass is 9.96. The van der Waals surface area contributed by atoms with Crippen LogP contribution in [-0.2, 0) is 4.79 Å². The molecular formula is C24H25F2N7O2. The van der Waals surface area contributed by atoms with E-state index in [4.69, 9.17) is 0 Å². The molecule has 9 nitrogen and oxygen atoms in total. The van der Waals surface area contributed by atoms with Crippen molar-refractivity contribution in [3.8, 4) is 11.1 Å². The van der Waals surface area contributed by atoms with Crippen molar-refractivity contribution in [2.75, 3.05) is 32.0 Å². The number of H-pyrrole nitrogens is 1. The van der Waals surface area contributed by atoms with Crippen molar-refractivity contribution < 1.29 is 18.4 Å². The maximum atomic E-state index is 12.8. The molecule has 1 aliphatic rings. The summed E-state index contributed by atoms with van der Waals surface area (Å²) in [5.41, 5.74) is 3.52. The number of hydrogen-bond donors (Lipinski definition) is 3. The molecule has 5 rings (SSSR count). The molecule has 35 heavy (non-hydrogen) atoms. The van der Waals surface area contributed by atoms with Gasteiger partial charge in [0.25, 0.3) is 12.3 Å². The van der Waals surface area contributed by atoms with E-state index in [0.29, 0.717) is 17.0 Å². The number of carbonyl (C=O) groups excluding carboxylic acids is 2. The quantitative estimate of drug-likeness (QED) is 0.392. The van der Waals surface area contributed by atoms with Gasteiger partial charge >= 0.3 is 0 Å². The number of rotatable bonds is 6. The third-order valence-corrected chi connectivity index (χ3v) is 6.35. The molecule has 0 bridgehead atoms. The van der Waals surface area contributed by atoms with Gasteiger partial charge in [-0.2, -0.15) is 0 Å². The third kappa shape index (κ3) is 4.72. The molecule has 11 heteroatoms. The van der Waals surface area contributed by atoms with Crippen LogP contribution in [0.1, 0.15) is 23.3 Å². The van der Waals surface area contributed by atoms with Crippen molar-refractivity contribution in [2.45, 2.75) is 19.3 Å². The molecule has 182 valence electrons. The summed E-state index contributed by atoms with van der Waals surface area (Å²) in [5, 5.41) is 6.00. The summed E-state index contributed by atoms with van der Waals surface area (Å²) in [6.45, 7) is 1.07. The molecule has 0 atom stereocenters. The number of anilines is 1. The Morgan fingerprint density at radius 2 is 2.00 bits per heavy atom. The SMILES string of the molecule is CN1CCC(C(=O)Nc2cnc3[nH]cc(-c4ccc5ncc(C(=O)NCC(F)F)n5c4)c3c2)CC1. The summed E-state index contributed by atoms with van der Waals surface area (Å²) in [6.07, 6.45) is 5.52. The number of piperidine rings is 1. The van der Waals surface area contributed by atoms with Gasteiger partial charge in [0.2, 0.25) is 5.91 Å². The van der Waals surface area contributed by atoms with Crippen molar-refractivity contribution >= 4 is 34.2 Å². The van der Waals surface area contributed by atoms with Crippen LogP contribution in [-0.4, -0.2) is 69.2 Å². The van der Waals surface area contributed by atoms with Gasteiger partial charge in [0.05, 0.1) is 24.6 Å².